The maximum atomic E-state index is 2.54. The fourth-order valence-corrected chi connectivity index (χ4v) is 14.6. The lowest BCUT2D eigenvalue weighted by Crippen LogP contribution is -2.29. The van der Waals surface area contributed by atoms with Gasteiger partial charge in [0.1, 0.15) is 0 Å². The number of hydrogen-bond acceptors (Lipinski definition) is 2. The second-order valence-corrected chi connectivity index (χ2v) is 21.1. The summed E-state index contributed by atoms with van der Waals surface area (Å²) in [5.74, 6) is 0.444. The number of para-hydroxylation sites is 3. The van der Waals surface area contributed by atoms with Crippen molar-refractivity contribution in [3.05, 3.63) is 264 Å². The van der Waals surface area contributed by atoms with E-state index in [4.69, 9.17) is 0 Å². The molecule has 72 heavy (non-hydrogen) atoms. The van der Waals surface area contributed by atoms with Gasteiger partial charge in [0.15, 0.2) is 0 Å². The van der Waals surface area contributed by atoms with Crippen LogP contribution < -0.4 is 4.90 Å². The lowest BCUT2D eigenvalue weighted by Gasteiger charge is -2.35. The largest absolute Gasteiger partial charge is 0.310 e. The summed E-state index contributed by atoms with van der Waals surface area (Å²) in [6.45, 7) is 2.37. The molecule has 16 rings (SSSR count). The van der Waals surface area contributed by atoms with Crippen molar-refractivity contribution in [3.63, 3.8) is 0 Å². The van der Waals surface area contributed by atoms with Crippen molar-refractivity contribution in [2.45, 2.75) is 18.8 Å². The lowest BCUT2D eigenvalue weighted by molar-refractivity contribution is 0.630. The predicted octanol–water partition coefficient (Wildman–Crippen LogP) is 18.4. The van der Waals surface area contributed by atoms with Crippen molar-refractivity contribution in [1.29, 1.82) is 0 Å². The molecule has 0 fully saturated rings. The Kier molecular flexibility index (Phi) is 8.30. The first-order chi connectivity index (χ1) is 35.6. The van der Waals surface area contributed by atoms with Crippen LogP contribution in [0.3, 0.4) is 0 Å². The third-order valence-corrected chi connectivity index (χ3v) is 17.5. The highest BCUT2D eigenvalue weighted by Gasteiger charge is 2.53. The smallest absolute Gasteiger partial charge is 0.0689 e. The standard InChI is InChI=1S/C68H45N3S/c1-42-27-34-50-48-17-5-10-22-57(48)68(59(50)39-42)58-23-11-6-18-49(58)51-35-32-47(41-60(51)68)69(46-33-37-63-56(40-46)52-19-7-12-24-61(52)70(63)43-15-3-2-4-16-43)44-28-30-45(31-29-44)71-62-25-13-8-21-55(62)66-64(71)38-36-54-53-20-9-14-26-65(53)72-67(54)66/h2-38,40-42H,39H2,1H3. The number of anilines is 3. The number of allylic oxidation sites excluding steroid dienone is 4. The van der Waals surface area contributed by atoms with Crippen LogP contribution in [0.5, 0.6) is 0 Å². The average molecular weight is 936 g/mol. The number of benzene rings is 10. The summed E-state index contributed by atoms with van der Waals surface area (Å²) in [5, 5.41) is 7.70. The van der Waals surface area contributed by atoms with Crippen molar-refractivity contribution in [3.8, 4) is 22.5 Å². The van der Waals surface area contributed by atoms with Crippen LogP contribution in [0.25, 0.3) is 91.9 Å². The van der Waals surface area contributed by atoms with Gasteiger partial charge in [-0.1, -0.05) is 153 Å². The van der Waals surface area contributed by atoms with Crippen molar-refractivity contribution in [1.82, 2.24) is 9.13 Å². The quantitative estimate of drug-likeness (QED) is 0.168. The number of nitrogens with zero attached hydrogens (tertiary/aromatic N) is 3. The minimum absolute atomic E-state index is 0.397. The first-order valence-electron chi connectivity index (χ1n) is 25.2. The van der Waals surface area contributed by atoms with Gasteiger partial charge >= 0.3 is 0 Å². The number of aromatic nitrogens is 2. The molecule has 0 saturated heterocycles. The molecule has 10 aromatic carbocycles. The maximum absolute atomic E-state index is 2.54. The SMILES string of the molecule is CC1C=CC2=C(C1)C1(c3ccccc32)c2ccccc2-c2ccc(N(c3ccc(-n4c5ccccc5c5c6sc7ccccc7c6ccc54)cc3)c3ccc4c(c3)c3ccccc3n4-c3ccccc3)cc21. The Balaban J connectivity index is 0.927. The van der Waals surface area contributed by atoms with E-state index in [2.05, 4.69) is 258 Å². The molecular weight excluding hydrogens is 891 g/mol. The van der Waals surface area contributed by atoms with Gasteiger partial charge in [0.25, 0.3) is 0 Å². The van der Waals surface area contributed by atoms with Crippen LogP contribution in [0.2, 0.25) is 0 Å². The normalized spacial score (nSPS) is 16.7. The molecule has 0 saturated carbocycles. The molecule has 3 heterocycles. The van der Waals surface area contributed by atoms with Crippen molar-refractivity contribution in [2.24, 2.45) is 5.92 Å². The van der Waals surface area contributed by atoms with Crippen LogP contribution >= 0.6 is 11.3 Å². The number of fused-ring (bicyclic) bond motifs is 19. The number of rotatable bonds is 5. The van der Waals surface area contributed by atoms with Gasteiger partial charge < -0.3 is 14.0 Å². The zero-order valence-corrected chi connectivity index (χ0v) is 40.4. The van der Waals surface area contributed by atoms with Crippen LogP contribution in [0.15, 0.2) is 242 Å². The molecule has 1 spiro atoms. The second kappa shape index (κ2) is 14.9. The Morgan fingerprint density at radius 3 is 1.86 bits per heavy atom. The summed E-state index contributed by atoms with van der Waals surface area (Å²) in [4.78, 5) is 2.50. The minimum Gasteiger partial charge on any atom is -0.310 e. The van der Waals surface area contributed by atoms with Crippen LogP contribution in [0.1, 0.15) is 35.6 Å². The highest BCUT2D eigenvalue weighted by Crippen LogP contribution is 2.64. The third-order valence-electron chi connectivity index (χ3n) is 16.3. The van der Waals surface area contributed by atoms with E-state index in [1.165, 1.54) is 108 Å². The van der Waals surface area contributed by atoms with Gasteiger partial charge in [0, 0.05) is 70.2 Å². The molecule has 338 valence electrons. The Hall–Kier alpha value is -8.70. The van der Waals surface area contributed by atoms with Crippen molar-refractivity contribution >= 4 is 97.8 Å². The summed E-state index contributed by atoms with van der Waals surface area (Å²) in [6, 6.07) is 84.2. The number of hydrogen-bond donors (Lipinski definition) is 0. The molecule has 3 aromatic heterocycles. The first-order valence-corrected chi connectivity index (χ1v) is 26.0. The van der Waals surface area contributed by atoms with E-state index in [0.717, 1.165) is 34.9 Å². The molecule has 0 amide bonds. The molecule has 0 bridgehead atoms. The molecule has 0 aliphatic heterocycles. The maximum Gasteiger partial charge on any atom is 0.0689 e. The first kappa shape index (κ1) is 40.1. The molecule has 3 nitrogen and oxygen atoms in total. The molecular formula is C68H45N3S. The van der Waals surface area contributed by atoms with Gasteiger partial charge in [-0.25, -0.2) is 0 Å². The van der Waals surface area contributed by atoms with E-state index in [0.29, 0.717) is 5.92 Å². The summed E-state index contributed by atoms with van der Waals surface area (Å²) >= 11 is 1.90. The fraction of sp³-hybridized carbons (Fsp3) is 0.0588. The number of thiophene rings is 1. The summed E-state index contributed by atoms with van der Waals surface area (Å²) in [7, 11) is 0. The molecule has 2 atom stereocenters. The summed E-state index contributed by atoms with van der Waals surface area (Å²) in [5.41, 5.74) is 21.1. The molecule has 0 radical (unpaired) electrons. The van der Waals surface area contributed by atoms with Crippen molar-refractivity contribution < 1.29 is 0 Å². The molecule has 3 aliphatic carbocycles. The average Bonchev–Trinajstić information content (AvgIpc) is 4.22. The van der Waals surface area contributed by atoms with E-state index in [9.17, 15) is 0 Å². The minimum atomic E-state index is -0.397. The van der Waals surface area contributed by atoms with Gasteiger partial charge in [0.2, 0.25) is 0 Å². The molecule has 4 heteroatoms. The highest BCUT2D eigenvalue weighted by molar-refractivity contribution is 7.26. The lowest BCUT2D eigenvalue weighted by atomic mass is 9.67. The fourth-order valence-electron chi connectivity index (χ4n) is 13.4. The highest BCUT2D eigenvalue weighted by atomic mass is 32.1. The van der Waals surface area contributed by atoms with Gasteiger partial charge in [-0.05, 0) is 148 Å². The zero-order chi connectivity index (χ0) is 47.2. The van der Waals surface area contributed by atoms with E-state index >= 15 is 0 Å². The van der Waals surface area contributed by atoms with Crippen LogP contribution in [-0.4, -0.2) is 9.13 Å². The summed E-state index contributed by atoms with van der Waals surface area (Å²) < 4.78 is 7.54. The van der Waals surface area contributed by atoms with Crippen molar-refractivity contribution in [2.75, 3.05) is 4.90 Å². The monoisotopic (exact) mass is 935 g/mol. The Labute approximate surface area is 421 Å². The van der Waals surface area contributed by atoms with Gasteiger partial charge in [-0.2, -0.15) is 0 Å². The molecule has 0 N–H and O–H groups in total. The third kappa shape index (κ3) is 5.34. The van der Waals surface area contributed by atoms with E-state index in [-0.39, 0.29) is 0 Å². The van der Waals surface area contributed by atoms with Crippen LogP contribution in [0.4, 0.5) is 17.1 Å². The second-order valence-electron chi connectivity index (χ2n) is 20.0. The Morgan fingerprint density at radius 1 is 0.444 bits per heavy atom. The summed E-state index contributed by atoms with van der Waals surface area (Å²) in [6.07, 6.45) is 5.84. The van der Waals surface area contributed by atoms with E-state index < -0.39 is 5.41 Å². The Morgan fingerprint density at radius 2 is 1.03 bits per heavy atom. The molecule has 2 unspecified atom stereocenters. The van der Waals surface area contributed by atoms with E-state index in [1.807, 2.05) is 11.3 Å². The van der Waals surface area contributed by atoms with Gasteiger partial charge in [0.05, 0.1) is 27.5 Å². The topological polar surface area (TPSA) is 13.1 Å². The predicted molar refractivity (Wildman–Crippen MR) is 304 cm³/mol. The van der Waals surface area contributed by atoms with Gasteiger partial charge in [-0.3, -0.25) is 0 Å². The zero-order valence-electron chi connectivity index (χ0n) is 39.6. The van der Waals surface area contributed by atoms with Crippen LogP contribution in [0, 0.1) is 5.92 Å². The molecule has 13 aromatic rings. The van der Waals surface area contributed by atoms with Crippen LogP contribution in [-0.2, 0) is 5.41 Å². The van der Waals surface area contributed by atoms with E-state index in [1.54, 1.807) is 0 Å². The molecule has 3 aliphatic rings. The van der Waals surface area contributed by atoms with Gasteiger partial charge in [-0.15, -0.1) is 11.3 Å². The Bertz CT molecular complexity index is 4500.